The van der Waals surface area contributed by atoms with Crippen molar-refractivity contribution < 1.29 is 9.84 Å². The maximum atomic E-state index is 13.0. The van der Waals surface area contributed by atoms with Crippen LogP contribution >= 0.6 is 11.6 Å². The van der Waals surface area contributed by atoms with Crippen LogP contribution in [0.1, 0.15) is 51.2 Å². The van der Waals surface area contributed by atoms with Crippen molar-refractivity contribution in [2.75, 3.05) is 13.2 Å². The molecule has 2 rings (SSSR count). The monoisotopic (exact) mass is 463 g/mol. The van der Waals surface area contributed by atoms with Gasteiger partial charge in [0, 0.05) is 30.6 Å². The predicted molar refractivity (Wildman–Crippen MR) is 129 cm³/mol. The van der Waals surface area contributed by atoms with Gasteiger partial charge in [-0.3, -0.25) is 13.9 Å². The Morgan fingerprint density at radius 1 is 1.16 bits per heavy atom. The number of nitrogens with zero attached hydrogens (tertiary/aromatic N) is 3. The number of benzene rings is 1. The van der Waals surface area contributed by atoms with Crippen molar-refractivity contribution in [1.82, 2.24) is 9.13 Å². The smallest absolute Gasteiger partial charge is 0.332 e. The van der Waals surface area contributed by atoms with Crippen molar-refractivity contribution in [2.45, 2.75) is 66.5 Å². The zero-order chi connectivity index (χ0) is 23.7. The number of aliphatic hydroxyl groups excluding tert-OH is 1. The van der Waals surface area contributed by atoms with E-state index in [9.17, 15) is 9.59 Å². The number of halogens is 1. The van der Waals surface area contributed by atoms with E-state index in [1.807, 2.05) is 38.1 Å². The first-order valence-electron chi connectivity index (χ1n) is 11.2. The highest BCUT2D eigenvalue weighted by atomic mass is 35.5. The fourth-order valence-corrected chi connectivity index (χ4v) is 3.58. The Bertz CT molecular complexity index is 1030. The fourth-order valence-electron chi connectivity index (χ4n) is 3.45. The first-order valence-corrected chi connectivity index (χ1v) is 11.6. The van der Waals surface area contributed by atoms with Gasteiger partial charge in [0.25, 0.3) is 5.56 Å². The van der Waals surface area contributed by atoms with Crippen molar-refractivity contribution in [3.05, 3.63) is 61.3 Å². The molecule has 2 aromatic rings. The van der Waals surface area contributed by atoms with Gasteiger partial charge in [0.15, 0.2) is 5.90 Å². The largest absolute Gasteiger partial charge is 0.480 e. The Morgan fingerprint density at radius 2 is 1.84 bits per heavy atom. The SMILES string of the molecule is CCCCO/C(=N/c1c(C)c(=O)n(CCCO)c(=O)n1CC)[C@@H](C)Cc1ccc(Cl)cc1. The standard InChI is InChI=1S/C24H34ClN3O4/c1-5-7-15-32-22(17(3)16-19-9-11-20(25)12-10-19)26-21-18(4)23(30)28(13-8-14-29)24(31)27(21)6-2/h9-12,17,29H,5-8,13-16H2,1-4H3/b26-22+/t17-/m0/s1. The molecule has 0 aliphatic rings. The minimum Gasteiger partial charge on any atom is -0.480 e. The summed E-state index contributed by atoms with van der Waals surface area (Å²) in [6.07, 6.45) is 2.89. The van der Waals surface area contributed by atoms with Gasteiger partial charge >= 0.3 is 5.69 Å². The molecule has 8 heteroatoms. The molecule has 7 nitrogen and oxygen atoms in total. The number of aliphatic hydroxyl groups is 1. The molecule has 1 aromatic heterocycles. The lowest BCUT2D eigenvalue weighted by molar-refractivity contribution is 0.275. The molecule has 0 aliphatic carbocycles. The fraction of sp³-hybridized carbons (Fsp3) is 0.542. The minimum atomic E-state index is -0.423. The molecular weight excluding hydrogens is 430 g/mol. The van der Waals surface area contributed by atoms with Crippen LogP contribution in [0.5, 0.6) is 0 Å². The highest BCUT2D eigenvalue weighted by Gasteiger charge is 2.19. The quantitative estimate of drug-likeness (QED) is 0.309. The molecule has 0 aliphatic heterocycles. The highest BCUT2D eigenvalue weighted by Crippen LogP contribution is 2.20. The predicted octanol–water partition coefficient (Wildman–Crippen LogP) is 4.10. The van der Waals surface area contributed by atoms with Gasteiger partial charge in [0.2, 0.25) is 0 Å². The molecule has 0 radical (unpaired) electrons. The number of aromatic nitrogens is 2. The summed E-state index contributed by atoms with van der Waals surface area (Å²) in [5.74, 6) is 0.771. The molecule has 0 bridgehead atoms. The molecule has 1 atom stereocenters. The van der Waals surface area contributed by atoms with Gasteiger partial charge in [0.1, 0.15) is 5.82 Å². The molecule has 0 saturated carbocycles. The number of unbranched alkanes of at least 4 members (excludes halogenated alkanes) is 1. The summed E-state index contributed by atoms with van der Waals surface area (Å²) in [7, 11) is 0. The zero-order valence-corrected chi connectivity index (χ0v) is 20.2. The average Bonchev–Trinajstić information content (AvgIpc) is 2.78. The summed E-state index contributed by atoms with van der Waals surface area (Å²) in [5.41, 5.74) is 0.677. The van der Waals surface area contributed by atoms with Crippen LogP contribution in [-0.2, 0) is 24.2 Å². The van der Waals surface area contributed by atoms with E-state index >= 15 is 0 Å². The van der Waals surface area contributed by atoms with Gasteiger partial charge in [-0.05, 0) is 50.8 Å². The van der Waals surface area contributed by atoms with E-state index in [1.54, 1.807) is 6.92 Å². The number of ether oxygens (including phenoxy) is 1. The molecule has 176 valence electrons. The van der Waals surface area contributed by atoms with Crippen molar-refractivity contribution >= 4 is 23.3 Å². The molecule has 0 fully saturated rings. The summed E-state index contributed by atoms with van der Waals surface area (Å²) in [4.78, 5) is 30.5. The Morgan fingerprint density at radius 3 is 2.44 bits per heavy atom. The summed E-state index contributed by atoms with van der Waals surface area (Å²) < 4.78 is 8.70. The van der Waals surface area contributed by atoms with Crippen LogP contribution in [0.4, 0.5) is 5.82 Å². The van der Waals surface area contributed by atoms with E-state index in [-0.39, 0.29) is 24.6 Å². The number of aliphatic imine (C=N–C) groups is 1. The Labute approximate surface area is 194 Å². The number of hydrogen-bond acceptors (Lipinski definition) is 5. The van der Waals surface area contributed by atoms with Gasteiger partial charge in [-0.2, -0.15) is 4.99 Å². The molecular formula is C24H34ClN3O4. The Balaban J connectivity index is 2.51. The first-order chi connectivity index (χ1) is 15.3. The van der Waals surface area contributed by atoms with E-state index in [0.29, 0.717) is 48.3 Å². The number of rotatable bonds is 11. The van der Waals surface area contributed by atoms with E-state index in [2.05, 4.69) is 6.92 Å². The van der Waals surface area contributed by atoms with Crippen molar-refractivity contribution in [3.8, 4) is 0 Å². The Hall–Kier alpha value is -2.38. The van der Waals surface area contributed by atoms with Crippen LogP contribution in [0.2, 0.25) is 5.02 Å². The van der Waals surface area contributed by atoms with Gasteiger partial charge in [-0.15, -0.1) is 0 Å². The maximum absolute atomic E-state index is 13.0. The van der Waals surface area contributed by atoms with Crippen LogP contribution in [0.15, 0.2) is 38.8 Å². The lowest BCUT2D eigenvalue weighted by Gasteiger charge is -2.19. The minimum absolute atomic E-state index is 0.0651. The van der Waals surface area contributed by atoms with E-state index in [0.717, 1.165) is 18.4 Å². The van der Waals surface area contributed by atoms with Gasteiger partial charge in [-0.25, -0.2) is 4.79 Å². The van der Waals surface area contributed by atoms with Crippen LogP contribution in [0.25, 0.3) is 0 Å². The molecule has 32 heavy (non-hydrogen) atoms. The third kappa shape index (κ3) is 6.56. The normalized spacial score (nSPS) is 12.8. The number of hydrogen-bond donors (Lipinski definition) is 1. The van der Waals surface area contributed by atoms with Crippen molar-refractivity contribution in [3.63, 3.8) is 0 Å². The molecule has 1 heterocycles. The second-order valence-corrected chi connectivity index (χ2v) is 8.33. The third-order valence-corrected chi connectivity index (χ3v) is 5.57. The molecule has 0 amide bonds. The van der Waals surface area contributed by atoms with Crippen molar-refractivity contribution in [1.29, 1.82) is 0 Å². The highest BCUT2D eigenvalue weighted by molar-refractivity contribution is 6.30. The summed E-state index contributed by atoms with van der Waals surface area (Å²) in [5, 5.41) is 9.79. The van der Waals surface area contributed by atoms with E-state index in [1.165, 1.54) is 9.13 Å². The second-order valence-electron chi connectivity index (χ2n) is 7.89. The first kappa shape index (κ1) is 25.9. The average molecular weight is 464 g/mol. The van der Waals surface area contributed by atoms with Crippen LogP contribution in [-0.4, -0.2) is 33.4 Å². The van der Waals surface area contributed by atoms with Crippen molar-refractivity contribution in [2.24, 2.45) is 10.9 Å². The second kappa shape index (κ2) is 12.6. The van der Waals surface area contributed by atoms with Crippen LogP contribution < -0.4 is 11.2 Å². The molecule has 1 N–H and O–H groups in total. The van der Waals surface area contributed by atoms with Gasteiger partial charge in [-0.1, -0.05) is 44.0 Å². The van der Waals surface area contributed by atoms with Gasteiger partial charge in [0.05, 0.1) is 12.2 Å². The van der Waals surface area contributed by atoms with E-state index in [4.69, 9.17) is 26.4 Å². The Kier molecular flexibility index (Phi) is 10.2. The summed E-state index contributed by atoms with van der Waals surface area (Å²) >= 11 is 6.00. The van der Waals surface area contributed by atoms with E-state index < -0.39 is 5.69 Å². The summed E-state index contributed by atoms with van der Waals surface area (Å²) in [6, 6.07) is 7.64. The summed E-state index contributed by atoms with van der Waals surface area (Å²) in [6.45, 7) is 8.59. The third-order valence-electron chi connectivity index (χ3n) is 5.32. The van der Waals surface area contributed by atoms with Gasteiger partial charge < -0.3 is 9.84 Å². The molecule has 1 aromatic carbocycles. The lowest BCUT2D eigenvalue weighted by Crippen LogP contribution is -2.41. The van der Waals surface area contributed by atoms with Crippen LogP contribution in [0, 0.1) is 12.8 Å². The topological polar surface area (TPSA) is 85.8 Å². The molecule has 0 saturated heterocycles. The zero-order valence-electron chi connectivity index (χ0n) is 19.4. The molecule has 0 unspecified atom stereocenters. The maximum Gasteiger partial charge on any atom is 0.332 e. The van der Waals surface area contributed by atoms with Crippen LogP contribution in [0.3, 0.4) is 0 Å². The molecule has 0 spiro atoms. The lowest BCUT2D eigenvalue weighted by atomic mass is 10.0.